The monoisotopic (exact) mass is 398 g/mol. The lowest BCUT2D eigenvalue weighted by Crippen LogP contribution is -2.18. The maximum atomic E-state index is 5.94. The fourth-order valence-corrected chi connectivity index (χ4v) is 4.33. The predicted octanol–water partition coefficient (Wildman–Crippen LogP) is 5.03. The second-order valence-corrected chi connectivity index (χ2v) is 8.06. The zero-order valence-corrected chi connectivity index (χ0v) is 17.0. The number of aromatic nitrogens is 4. The molecule has 5 rings (SSSR count). The zero-order valence-electron chi connectivity index (χ0n) is 17.0. The van der Waals surface area contributed by atoms with E-state index < -0.39 is 0 Å². The lowest BCUT2D eigenvalue weighted by Gasteiger charge is -2.22. The number of nitrogens with two attached hydrogens (primary N) is 1. The summed E-state index contributed by atoms with van der Waals surface area (Å²) in [5.74, 6) is 2.17. The van der Waals surface area contributed by atoms with E-state index >= 15 is 0 Å². The standard InChI is InChI=1S/C24H26N6/c25-20-13-19(15-26-16-20)23-28-24(27-14-17-7-3-1-4-8-17)22-21(11-12-30(22)29-23)18-9-5-2-6-10-18/h2,5-6,9-13,15-17H,1,3-4,7-8,14,25H2,(H,27,28,29). The van der Waals surface area contributed by atoms with Crippen molar-refractivity contribution in [3.63, 3.8) is 0 Å². The first-order valence-electron chi connectivity index (χ1n) is 10.7. The Hall–Kier alpha value is -3.41. The summed E-state index contributed by atoms with van der Waals surface area (Å²) in [6.07, 6.45) is 12.0. The summed E-state index contributed by atoms with van der Waals surface area (Å²) in [7, 11) is 0. The van der Waals surface area contributed by atoms with E-state index in [9.17, 15) is 0 Å². The number of hydrogen-bond acceptors (Lipinski definition) is 5. The largest absolute Gasteiger partial charge is 0.397 e. The normalized spacial score (nSPS) is 14.8. The minimum atomic E-state index is 0.602. The number of rotatable bonds is 5. The van der Waals surface area contributed by atoms with Gasteiger partial charge in [0.2, 0.25) is 0 Å². The van der Waals surface area contributed by atoms with Crippen LogP contribution in [0.4, 0.5) is 11.5 Å². The number of nitrogens with one attached hydrogen (secondary N) is 1. The van der Waals surface area contributed by atoms with E-state index in [1.807, 2.05) is 22.8 Å². The van der Waals surface area contributed by atoms with E-state index in [1.165, 1.54) is 32.1 Å². The Kier molecular flexibility index (Phi) is 5.05. The van der Waals surface area contributed by atoms with Crippen molar-refractivity contribution >= 4 is 17.0 Å². The molecule has 6 heteroatoms. The maximum absolute atomic E-state index is 5.94. The third-order valence-electron chi connectivity index (χ3n) is 5.90. The average molecular weight is 399 g/mol. The summed E-state index contributed by atoms with van der Waals surface area (Å²) in [5.41, 5.74) is 10.6. The first-order valence-corrected chi connectivity index (χ1v) is 10.7. The second-order valence-electron chi connectivity index (χ2n) is 8.06. The van der Waals surface area contributed by atoms with Crippen LogP contribution in [0.1, 0.15) is 32.1 Å². The maximum Gasteiger partial charge on any atom is 0.183 e. The number of anilines is 2. The highest BCUT2D eigenvalue weighted by Gasteiger charge is 2.18. The van der Waals surface area contributed by atoms with Gasteiger partial charge in [-0.05, 0) is 36.5 Å². The quantitative estimate of drug-likeness (QED) is 0.493. The molecule has 1 aliphatic carbocycles. The Morgan fingerprint density at radius 1 is 1.00 bits per heavy atom. The smallest absolute Gasteiger partial charge is 0.183 e. The summed E-state index contributed by atoms with van der Waals surface area (Å²) in [6.45, 7) is 0.931. The molecule has 0 spiro atoms. The van der Waals surface area contributed by atoms with Gasteiger partial charge in [0.25, 0.3) is 0 Å². The van der Waals surface area contributed by atoms with Crippen LogP contribution in [0.2, 0.25) is 0 Å². The minimum absolute atomic E-state index is 0.602. The summed E-state index contributed by atoms with van der Waals surface area (Å²) in [6, 6.07) is 14.4. The highest BCUT2D eigenvalue weighted by molar-refractivity contribution is 5.89. The molecule has 3 aromatic heterocycles. The minimum Gasteiger partial charge on any atom is -0.397 e. The lowest BCUT2D eigenvalue weighted by molar-refractivity contribution is 0.373. The van der Waals surface area contributed by atoms with Gasteiger partial charge < -0.3 is 11.1 Å². The second kappa shape index (κ2) is 8.14. The molecule has 152 valence electrons. The molecule has 0 aliphatic heterocycles. The molecule has 0 bridgehead atoms. The van der Waals surface area contributed by atoms with Crippen molar-refractivity contribution in [2.75, 3.05) is 17.6 Å². The van der Waals surface area contributed by atoms with Crippen LogP contribution >= 0.6 is 0 Å². The lowest BCUT2D eigenvalue weighted by atomic mass is 9.89. The summed E-state index contributed by atoms with van der Waals surface area (Å²) in [4.78, 5) is 9.12. The summed E-state index contributed by atoms with van der Waals surface area (Å²) < 4.78 is 1.91. The molecule has 0 amide bonds. The van der Waals surface area contributed by atoms with E-state index in [0.29, 0.717) is 17.4 Å². The van der Waals surface area contributed by atoms with Gasteiger partial charge in [-0.2, -0.15) is 0 Å². The van der Waals surface area contributed by atoms with Crippen molar-refractivity contribution in [2.24, 2.45) is 5.92 Å². The molecule has 1 saturated carbocycles. The van der Waals surface area contributed by atoms with Crippen LogP contribution in [0, 0.1) is 5.92 Å². The SMILES string of the molecule is Nc1cncc(-c2nc(NCC3CCCCC3)c3c(-c4ccccc4)ccn3n2)c1. The van der Waals surface area contributed by atoms with Gasteiger partial charge in [-0.15, -0.1) is 5.10 Å². The van der Waals surface area contributed by atoms with E-state index in [2.05, 4.69) is 40.6 Å². The Morgan fingerprint density at radius 2 is 1.83 bits per heavy atom. The van der Waals surface area contributed by atoms with Crippen molar-refractivity contribution in [3.8, 4) is 22.5 Å². The number of hydrogen-bond donors (Lipinski definition) is 2. The molecule has 1 aliphatic rings. The third kappa shape index (κ3) is 3.73. The first kappa shape index (κ1) is 18.6. The Bertz CT molecular complexity index is 1150. The third-order valence-corrected chi connectivity index (χ3v) is 5.90. The van der Waals surface area contributed by atoms with Crippen LogP contribution in [-0.2, 0) is 0 Å². The van der Waals surface area contributed by atoms with E-state index in [1.54, 1.807) is 12.4 Å². The van der Waals surface area contributed by atoms with Gasteiger partial charge >= 0.3 is 0 Å². The van der Waals surface area contributed by atoms with Gasteiger partial charge in [0.15, 0.2) is 11.6 Å². The van der Waals surface area contributed by atoms with E-state index in [0.717, 1.165) is 34.6 Å². The molecule has 3 heterocycles. The van der Waals surface area contributed by atoms with E-state index in [4.69, 9.17) is 15.8 Å². The molecule has 3 N–H and O–H groups in total. The number of benzene rings is 1. The topological polar surface area (TPSA) is 81.1 Å². The molecule has 0 radical (unpaired) electrons. The van der Waals surface area contributed by atoms with Crippen LogP contribution in [0.25, 0.3) is 28.0 Å². The van der Waals surface area contributed by atoms with Gasteiger partial charge in [-0.25, -0.2) is 9.50 Å². The van der Waals surface area contributed by atoms with Crippen molar-refractivity contribution < 1.29 is 0 Å². The van der Waals surface area contributed by atoms with Crippen molar-refractivity contribution in [3.05, 3.63) is 61.1 Å². The van der Waals surface area contributed by atoms with Gasteiger partial charge in [-0.1, -0.05) is 49.6 Å². The Balaban J connectivity index is 1.59. The van der Waals surface area contributed by atoms with Crippen LogP contribution in [0.15, 0.2) is 61.1 Å². The average Bonchev–Trinajstić information content (AvgIpc) is 3.23. The molecule has 1 fully saturated rings. The van der Waals surface area contributed by atoms with Gasteiger partial charge in [0.05, 0.1) is 5.69 Å². The highest BCUT2D eigenvalue weighted by Crippen LogP contribution is 2.32. The van der Waals surface area contributed by atoms with E-state index in [-0.39, 0.29) is 0 Å². The van der Waals surface area contributed by atoms with Crippen molar-refractivity contribution in [1.29, 1.82) is 0 Å². The zero-order chi connectivity index (χ0) is 20.3. The first-order chi connectivity index (χ1) is 14.8. The fourth-order valence-electron chi connectivity index (χ4n) is 4.33. The van der Waals surface area contributed by atoms with Crippen LogP contribution in [-0.4, -0.2) is 26.1 Å². The molecular weight excluding hydrogens is 372 g/mol. The molecule has 0 atom stereocenters. The molecule has 4 aromatic rings. The number of nitrogen functional groups attached to an aromatic ring is 1. The molecule has 6 nitrogen and oxygen atoms in total. The number of pyridine rings is 1. The van der Waals surface area contributed by atoms with Crippen LogP contribution in [0.3, 0.4) is 0 Å². The van der Waals surface area contributed by atoms with Crippen LogP contribution in [0.5, 0.6) is 0 Å². The predicted molar refractivity (Wildman–Crippen MR) is 121 cm³/mol. The highest BCUT2D eigenvalue weighted by atomic mass is 15.3. The van der Waals surface area contributed by atoms with Gasteiger partial charge in [0.1, 0.15) is 5.52 Å². The fraction of sp³-hybridized carbons (Fsp3) is 0.292. The molecule has 0 unspecified atom stereocenters. The number of fused-ring (bicyclic) bond motifs is 1. The molecule has 0 saturated heterocycles. The van der Waals surface area contributed by atoms with Crippen LogP contribution < -0.4 is 11.1 Å². The summed E-state index contributed by atoms with van der Waals surface area (Å²) >= 11 is 0. The van der Waals surface area contributed by atoms with Gasteiger partial charge in [-0.3, -0.25) is 4.98 Å². The summed E-state index contributed by atoms with van der Waals surface area (Å²) in [5, 5.41) is 8.41. The molecule has 1 aromatic carbocycles. The molecular formula is C24H26N6. The Labute approximate surface area is 176 Å². The molecule has 30 heavy (non-hydrogen) atoms. The van der Waals surface area contributed by atoms with Crippen molar-refractivity contribution in [2.45, 2.75) is 32.1 Å². The number of nitrogens with zero attached hydrogens (tertiary/aromatic N) is 4. The Morgan fingerprint density at radius 3 is 2.63 bits per heavy atom. The van der Waals surface area contributed by atoms with Crippen molar-refractivity contribution in [1.82, 2.24) is 19.6 Å². The van der Waals surface area contributed by atoms with Gasteiger partial charge in [0, 0.05) is 36.3 Å².